The number of aliphatic hydroxyl groups is 1. The van der Waals surface area contributed by atoms with E-state index >= 15 is 0 Å². The highest BCUT2D eigenvalue weighted by Gasteiger charge is 2.25. The van der Waals surface area contributed by atoms with Crippen LogP contribution in [0.2, 0.25) is 0 Å². The third-order valence-corrected chi connectivity index (χ3v) is 4.20. The molecule has 0 atom stereocenters. The van der Waals surface area contributed by atoms with Crippen molar-refractivity contribution in [1.29, 1.82) is 0 Å². The largest absolute Gasteiger partial charge is 0.396 e. The van der Waals surface area contributed by atoms with Crippen molar-refractivity contribution in [2.45, 2.75) is 31.7 Å². The van der Waals surface area contributed by atoms with Crippen molar-refractivity contribution in [3.8, 4) is 0 Å². The van der Waals surface area contributed by atoms with Gasteiger partial charge in [0.15, 0.2) is 0 Å². The average Bonchev–Trinajstić information content (AvgIpc) is 2.36. The van der Waals surface area contributed by atoms with Gasteiger partial charge in [0.25, 0.3) is 0 Å². The predicted molar refractivity (Wildman–Crippen MR) is 83.7 cm³/mol. The van der Waals surface area contributed by atoms with Crippen molar-refractivity contribution in [1.82, 2.24) is 4.90 Å². The van der Waals surface area contributed by atoms with Gasteiger partial charge in [0.05, 0.1) is 6.54 Å². The lowest BCUT2D eigenvalue weighted by Gasteiger charge is -2.37. The summed E-state index contributed by atoms with van der Waals surface area (Å²) in [5.74, 6) is 0.0113. The summed E-state index contributed by atoms with van der Waals surface area (Å²) in [4.78, 5) is 14.3. The van der Waals surface area contributed by atoms with E-state index in [4.69, 9.17) is 5.11 Å². The Hall–Kier alpha value is -0.910. The molecule has 0 unspecified atom stereocenters. The number of nitrogens with one attached hydrogen (secondary N) is 1. The topological polar surface area (TPSA) is 52.6 Å². The molecule has 0 aromatic heterocycles. The molecule has 2 rings (SSSR count). The summed E-state index contributed by atoms with van der Waals surface area (Å²) < 4.78 is 0.995. The molecule has 1 aromatic carbocycles. The lowest BCUT2D eigenvalue weighted by atomic mass is 9.91. The fourth-order valence-electron chi connectivity index (χ4n) is 2.33. The molecule has 0 aliphatic heterocycles. The number of anilines is 1. The lowest BCUT2D eigenvalue weighted by Crippen LogP contribution is -2.45. The summed E-state index contributed by atoms with van der Waals surface area (Å²) in [5, 5.41) is 11.9. The van der Waals surface area contributed by atoms with Gasteiger partial charge in [0.1, 0.15) is 0 Å². The van der Waals surface area contributed by atoms with Crippen LogP contribution in [-0.2, 0) is 4.79 Å². The van der Waals surface area contributed by atoms with E-state index in [9.17, 15) is 4.79 Å². The minimum absolute atomic E-state index is 0.0113. The summed E-state index contributed by atoms with van der Waals surface area (Å²) in [7, 11) is 0. The Morgan fingerprint density at radius 3 is 2.60 bits per heavy atom. The normalized spacial score (nSPS) is 15.2. The zero-order valence-electron chi connectivity index (χ0n) is 11.5. The van der Waals surface area contributed by atoms with Crippen LogP contribution < -0.4 is 5.32 Å². The number of hydrogen-bond acceptors (Lipinski definition) is 3. The highest BCUT2D eigenvalue weighted by atomic mass is 79.9. The van der Waals surface area contributed by atoms with Crippen molar-refractivity contribution in [2.75, 3.05) is 25.0 Å². The highest BCUT2D eigenvalue weighted by Crippen LogP contribution is 2.24. The van der Waals surface area contributed by atoms with Gasteiger partial charge in [-0.15, -0.1) is 0 Å². The van der Waals surface area contributed by atoms with E-state index in [0.717, 1.165) is 36.0 Å². The second-order valence-corrected chi connectivity index (χ2v) is 6.10. The molecule has 0 radical (unpaired) electrons. The van der Waals surface area contributed by atoms with Crippen molar-refractivity contribution in [3.63, 3.8) is 0 Å². The number of amides is 1. The minimum Gasteiger partial charge on any atom is -0.396 e. The monoisotopic (exact) mass is 340 g/mol. The van der Waals surface area contributed by atoms with Crippen molar-refractivity contribution < 1.29 is 9.90 Å². The average molecular weight is 341 g/mol. The number of hydrogen-bond donors (Lipinski definition) is 2. The molecule has 1 aliphatic carbocycles. The molecule has 0 heterocycles. The van der Waals surface area contributed by atoms with Crippen LogP contribution in [-0.4, -0.2) is 41.7 Å². The Morgan fingerprint density at radius 1 is 1.35 bits per heavy atom. The van der Waals surface area contributed by atoms with Crippen LogP contribution in [0, 0.1) is 0 Å². The van der Waals surface area contributed by atoms with Crippen LogP contribution in [0.1, 0.15) is 25.7 Å². The summed E-state index contributed by atoms with van der Waals surface area (Å²) in [5.41, 5.74) is 0.814. The minimum atomic E-state index is 0.0113. The van der Waals surface area contributed by atoms with E-state index in [1.165, 1.54) is 6.42 Å². The predicted octanol–water partition coefficient (Wildman–Crippen LogP) is 2.62. The first-order chi connectivity index (χ1) is 9.69. The quantitative estimate of drug-likeness (QED) is 0.802. The highest BCUT2D eigenvalue weighted by molar-refractivity contribution is 9.10. The number of benzene rings is 1. The summed E-state index contributed by atoms with van der Waals surface area (Å²) in [6.45, 7) is 1.37. The Balaban J connectivity index is 1.85. The van der Waals surface area contributed by atoms with E-state index in [1.807, 2.05) is 24.3 Å². The van der Waals surface area contributed by atoms with Gasteiger partial charge in [0, 0.05) is 29.4 Å². The molecule has 2 N–H and O–H groups in total. The maximum atomic E-state index is 12.1. The number of aliphatic hydroxyl groups excluding tert-OH is 1. The standard InChI is InChI=1S/C15H21BrN2O2/c16-12-5-7-13(8-6-12)17-15(20)11-18(9-2-10-19)14-3-1-4-14/h5-8,14,19H,1-4,9-11H2,(H,17,20). The number of halogens is 1. The van der Waals surface area contributed by atoms with Crippen molar-refractivity contribution in [3.05, 3.63) is 28.7 Å². The Morgan fingerprint density at radius 2 is 2.05 bits per heavy atom. The van der Waals surface area contributed by atoms with Gasteiger partial charge in [-0.1, -0.05) is 22.4 Å². The molecular formula is C15H21BrN2O2. The van der Waals surface area contributed by atoms with E-state index in [2.05, 4.69) is 26.1 Å². The first-order valence-electron chi connectivity index (χ1n) is 7.09. The first kappa shape index (κ1) is 15.5. The summed E-state index contributed by atoms with van der Waals surface area (Å²) in [6, 6.07) is 8.08. The van der Waals surface area contributed by atoms with Crippen LogP contribution in [0.15, 0.2) is 28.7 Å². The smallest absolute Gasteiger partial charge is 0.238 e. The maximum absolute atomic E-state index is 12.1. The lowest BCUT2D eigenvalue weighted by molar-refractivity contribution is -0.118. The van der Waals surface area contributed by atoms with E-state index < -0.39 is 0 Å². The number of nitrogens with zero attached hydrogens (tertiary/aromatic N) is 1. The number of carbonyl (C=O) groups excluding carboxylic acids is 1. The maximum Gasteiger partial charge on any atom is 0.238 e. The molecule has 0 spiro atoms. The molecule has 4 nitrogen and oxygen atoms in total. The van der Waals surface area contributed by atoms with Crippen molar-refractivity contribution >= 4 is 27.5 Å². The second kappa shape index (κ2) is 7.76. The molecule has 1 fully saturated rings. The fraction of sp³-hybridized carbons (Fsp3) is 0.533. The zero-order chi connectivity index (χ0) is 14.4. The SMILES string of the molecule is O=C(CN(CCCO)C1CCC1)Nc1ccc(Br)cc1. The van der Waals surface area contributed by atoms with Gasteiger partial charge >= 0.3 is 0 Å². The molecule has 0 saturated heterocycles. The van der Waals surface area contributed by atoms with Crippen LogP contribution in [0.5, 0.6) is 0 Å². The number of carbonyl (C=O) groups is 1. The Labute approximate surface area is 128 Å². The van der Waals surface area contributed by atoms with Gasteiger partial charge in [-0.3, -0.25) is 9.69 Å². The molecule has 110 valence electrons. The third-order valence-electron chi connectivity index (χ3n) is 3.67. The second-order valence-electron chi connectivity index (χ2n) is 5.19. The molecule has 0 bridgehead atoms. The van der Waals surface area contributed by atoms with Crippen LogP contribution in [0.3, 0.4) is 0 Å². The van der Waals surface area contributed by atoms with Gasteiger partial charge in [-0.05, 0) is 43.5 Å². The molecule has 1 saturated carbocycles. The third kappa shape index (κ3) is 4.58. The van der Waals surface area contributed by atoms with Crippen molar-refractivity contribution in [2.24, 2.45) is 0 Å². The molecule has 5 heteroatoms. The fourth-order valence-corrected chi connectivity index (χ4v) is 2.60. The molecule has 1 amide bonds. The van der Waals surface area contributed by atoms with Gasteiger partial charge < -0.3 is 10.4 Å². The summed E-state index contributed by atoms with van der Waals surface area (Å²) >= 11 is 3.37. The molecule has 20 heavy (non-hydrogen) atoms. The Kier molecular flexibility index (Phi) is 6.01. The zero-order valence-corrected chi connectivity index (χ0v) is 13.1. The van der Waals surface area contributed by atoms with Gasteiger partial charge in [0.2, 0.25) is 5.91 Å². The first-order valence-corrected chi connectivity index (χ1v) is 7.88. The van der Waals surface area contributed by atoms with Crippen LogP contribution >= 0.6 is 15.9 Å². The van der Waals surface area contributed by atoms with Gasteiger partial charge in [-0.2, -0.15) is 0 Å². The van der Waals surface area contributed by atoms with Crippen LogP contribution in [0.4, 0.5) is 5.69 Å². The molecule has 1 aliphatic rings. The van der Waals surface area contributed by atoms with E-state index in [1.54, 1.807) is 0 Å². The molecule has 1 aromatic rings. The van der Waals surface area contributed by atoms with Crippen LogP contribution in [0.25, 0.3) is 0 Å². The molecular weight excluding hydrogens is 320 g/mol. The number of rotatable bonds is 7. The summed E-state index contributed by atoms with van der Waals surface area (Å²) in [6.07, 6.45) is 4.30. The van der Waals surface area contributed by atoms with Gasteiger partial charge in [-0.25, -0.2) is 0 Å². The Bertz CT molecular complexity index is 432. The van der Waals surface area contributed by atoms with E-state index in [-0.39, 0.29) is 12.5 Å². The van der Waals surface area contributed by atoms with E-state index in [0.29, 0.717) is 12.6 Å².